The van der Waals surface area contributed by atoms with Crippen LogP contribution in [0.25, 0.3) is 0 Å². The largest absolute Gasteiger partial charge is 0.324 e. The van der Waals surface area contributed by atoms with Crippen LogP contribution >= 0.6 is 22.6 Å². The minimum atomic E-state index is 0.0628. The Morgan fingerprint density at radius 2 is 2.22 bits per heavy atom. The zero-order chi connectivity index (χ0) is 13.0. The highest BCUT2D eigenvalue weighted by molar-refractivity contribution is 14.1. The first kappa shape index (κ1) is 13.8. The molecule has 0 unspecified atom stereocenters. The van der Waals surface area contributed by atoms with E-state index in [-0.39, 0.29) is 5.91 Å². The minimum Gasteiger partial charge on any atom is -0.324 e. The summed E-state index contributed by atoms with van der Waals surface area (Å²) in [5, 5.41) is 6.20. The molecule has 18 heavy (non-hydrogen) atoms. The van der Waals surface area contributed by atoms with E-state index in [2.05, 4.69) is 45.0 Å². The van der Waals surface area contributed by atoms with Gasteiger partial charge < -0.3 is 10.6 Å². The van der Waals surface area contributed by atoms with Crippen LogP contribution in [0.1, 0.15) is 6.92 Å². The number of halogens is 1. The lowest BCUT2D eigenvalue weighted by Gasteiger charge is -2.37. The van der Waals surface area contributed by atoms with E-state index in [0.717, 1.165) is 28.9 Å². The molecule has 98 valence electrons. The number of hydrogen-bond donors (Lipinski definition) is 2. The third-order valence-corrected chi connectivity index (χ3v) is 4.12. The molecular formula is C13H18IN3O. The fraction of sp³-hybridized carbons (Fsp3) is 0.462. The molecule has 0 radical (unpaired) electrons. The number of rotatable bonds is 5. The highest BCUT2D eigenvalue weighted by Crippen LogP contribution is 2.17. The zero-order valence-corrected chi connectivity index (χ0v) is 12.6. The molecule has 0 aliphatic carbocycles. The minimum absolute atomic E-state index is 0.0628. The molecule has 5 heteroatoms. The molecule has 4 nitrogen and oxygen atoms in total. The number of nitrogens with zero attached hydrogens (tertiary/aromatic N) is 1. The smallest absolute Gasteiger partial charge is 0.238 e. The lowest BCUT2D eigenvalue weighted by Crippen LogP contribution is -2.58. The molecule has 0 atom stereocenters. The van der Waals surface area contributed by atoms with Crippen LogP contribution in [0.2, 0.25) is 0 Å². The number of amides is 1. The highest BCUT2D eigenvalue weighted by Gasteiger charge is 2.24. The molecule has 0 bridgehead atoms. The fourth-order valence-electron chi connectivity index (χ4n) is 1.97. The van der Waals surface area contributed by atoms with Crippen molar-refractivity contribution in [1.82, 2.24) is 10.2 Å². The van der Waals surface area contributed by atoms with Crippen molar-refractivity contribution in [2.24, 2.45) is 0 Å². The van der Waals surface area contributed by atoms with E-state index in [0.29, 0.717) is 12.6 Å². The van der Waals surface area contributed by atoms with Crippen molar-refractivity contribution in [3.8, 4) is 0 Å². The van der Waals surface area contributed by atoms with Crippen molar-refractivity contribution in [2.45, 2.75) is 13.0 Å². The van der Waals surface area contributed by atoms with Crippen LogP contribution in [0, 0.1) is 3.57 Å². The normalized spacial score (nSPS) is 15.5. The van der Waals surface area contributed by atoms with Crippen LogP contribution in [0.5, 0.6) is 0 Å². The molecule has 1 aromatic rings. The Morgan fingerprint density at radius 1 is 1.50 bits per heavy atom. The van der Waals surface area contributed by atoms with Crippen molar-refractivity contribution in [2.75, 3.05) is 31.5 Å². The lowest BCUT2D eigenvalue weighted by atomic mass is 10.1. The highest BCUT2D eigenvalue weighted by atomic mass is 127. The number of hydrogen-bond acceptors (Lipinski definition) is 3. The van der Waals surface area contributed by atoms with E-state index in [1.54, 1.807) is 0 Å². The van der Waals surface area contributed by atoms with E-state index in [9.17, 15) is 4.79 Å². The van der Waals surface area contributed by atoms with Gasteiger partial charge in [-0.05, 0) is 41.3 Å². The molecule has 1 fully saturated rings. The molecule has 0 spiro atoms. The lowest BCUT2D eigenvalue weighted by molar-refractivity contribution is -0.118. The van der Waals surface area contributed by atoms with Gasteiger partial charge in [-0.15, -0.1) is 0 Å². The third kappa shape index (κ3) is 3.43. The second kappa shape index (κ2) is 6.49. The van der Waals surface area contributed by atoms with Gasteiger partial charge in [0.05, 0.1) is 12.2 Å². The summed E-state index contributed by atoms with van der Waals surface area (Å²) in [4.78, 5) is 14.2. The maximum absolute atomic E-state index is 12.0. The molecule has 1 aliphatic heterocycles. The summed E-state index contributed by atoms with van der Waals surface area (Å²) in [6, 6.07) is 8.33. The predicted octanol–water partition coefficient (Wildman–Crippen LogP) is 1.52. The van der Waals surface area contributed by atoms with E-state index in [1.807, 2.05) is 24.3 Å². The van der Waals surface area contributed by atoms with Crippen molar-refractivity contribution < 1.29 is 4.79 Å². The SMILES string of the molecule is CCN(CC(=O)Nc1ccccc1I)C1CNC1. The summed E-state index contributed by atoms with van der Waals surface area (Å²) in [5.74, 6) is 0.0628. The van der Waals surface area contributed by atoms with Gasteiger partial charge in [0.1, 0.15) is 0 Å². The molecule has 1 aromatic carbocycles. The molecule has 1 saturated heterocycles. The summed E-state index contributed by atoms with van der Waals surface area (Å²) < 4.78 is 1.07. The molecule has 2 N–H and O–H groups in total. The Labute approximate surface area is 121 Å². The number of para-hydroxylation sites is 1. The summed E-state index contributed by atoms with van der Waals surface area (Å²) >= 11 is 2.23. The number of anilines is 1. The summed E-state index contributed by atoms with van der Waals surface area (Å²) in [7, 11) is 0. The first-order chi connectivity index (χ1) is 8.70. The zero-order valence-electron chi connectivity index (χ0n) is 10.4. The second-order valence-corrected chi connectivity index (χ2v) is 5.57. The van der Waals surface area contributed by atoms with E-state index in [1.165, 1.54) is 0 Å². The van der Waals surface area contributed by atoms with E-state index < -0.39 is 0 Å². The van der Waals surface area contributed by atoms with Gasteiger partial charge >= 0.3 is 0 Å². The number of carbonyl (C=O) groups is 1. The van der Waals surface area contributed by atoms with Gasteiger partial charge in [-0.2, -0.15) is 0 Å². The summed E-state index contributed by atoms with van der Waals surface area (Å²) in [6.45, 7) is 5.45. The van der Waals surface area contributed by atoms with E-state index >= 15 is 0 Å². The number of benzene rings is 1. The maximum Gasteiger partial charge on any atom is 0.238 e. The summed E-state index contributed by atoms with van der Waals surface area (Å²) in [5.41, 5.74) is 0.894. The number of nitrogens with one attached hydrogen (secondary N) is 2. The maximum atomic E-state index is 12.0. The Kier molecular flexibility index (Phi) is 4.96. The quantitative estimate of drug-likeness (QED) is 0.784. The average Bonchev–Trinajstić information content (AvgIpc) is 2.29. The number of likely N-dealkylation sites (N-methyl/N-ethyl adjacent to an activating group) is 1. The average molecular weight is 359 g/mol. The van der Waals surface area contributed by atoms with Gasteiger partial charge in [0.2, 0.25) is 5.91 Å². The first-order valence-corrected chi connectivity index (χ1v) is 7.27. The van der Waals surface area contributed by atoms with Crippen LogP contribution in [-0.2, 0) is 4.79 Å². The molecule has 1 amide bonds. The van der Waals surface area contributed by atoms with Gasteiger partial charge in [-0.1, -0.05) is 19.1 Å². The Bertz CT molecular complexity index is 420. The Hall–Kier alpha value is -0.660. The van der Waals surface area contributed by atoms with Crippen molar-refractivity contribution in [3.63, 3.8) is 0 Å². The fourth-order valence-corrected chi connectivity index (χ4v) is 2.49. The van der Waals surface area contributed by atoms with Crippen molar-refractivity contribution in [3.05, 3.63) is 27.8 Å². The standard InChI is InChI=1S/C13H18IN3O/c1-2-17(10-7-15-8-10)9-13(18)16-12-6-4-3-5-11(12)14/h3-6,10,15H,2,7-9H2,1H3,(H,16,18). The topological polar surface area (TPSA) is 44.4 Å². The molecule has 2 rings (SSSR count). The third-order valence-electron chi connectivity index (χ3n) is 3.18. The van der Waals surface area contributed by atoms with Crippen LogP contribution in [0.3, 0.4) is 0 Å². The molecule has 0 saturated carbocycles. The Balaban J connectivity index is 1.89. The van der Waals surface area contributed by atoms with Crippen molar-refractivity contribution >= 4 is 34.2 Å². The summed E-state index contributed by atoms with van der Waals surface area (Å²) in [6.07, 6.45) is 0. The van der Waals surface area contributed by atoms with Crippen molar-refractivity contribution in [1.29, 1.82) is 0 Å². The first-order valence-electron chi connectivity index (χ1n) is 6.20. The van der Waals surface area contributed by atoms with Gasteiger partial charge in [0.15, 0.2) is 0 Å². The van der Waals surface area contributed by atoms with Gasteiger partial charge in [0.25, 0.3) is 0 Å². The van der Waals surface area contributed by atoms with Gasteiger partial charge in [-0.3, -0.25) is 9.69 Å². The van der Waals surface area contributed by atoms with Crippen LogP contribution < -0.4 is 10.6 Å². The Morgan fingerprint density at radius 3 is 2.78 bits per heavy atom. The monoisotopic (exact) mass is 359 g/mol. The number of carbonyl (C=O) groups excluding carboxylic acids is 1. The second-order valence-electron chi connectivity index (χ2n) is 4.40. The van der Waals surface area contributed by atoms with Gasteiger partial charge in [0, 0.05) is 22.7 Å². The van der Waals surface area contributed by atoms with Gasteiger partial charge in [-0.25, -0.2) is 0 Å². The van der Waals surface area contributed by atoms with Crippen LogP contribution in [0.15, 0.2) is 24.3 Å². The molecule has 1 heterocycles. The molecular weight excluding hydrogens is 341 g/mol. The molecule has 1 aliphatic rings. The van der Waals surface area contributed by atoms with E-state index in [4.69, 9.17) is 0 Å². The predicted molar refractivity (Wildman–Crippen MR) is 81.7 cm³/mol. The van der Waals surface area contributed by atoms with Crippen LogP contribution in [-0.4, -0.2) is 43.0 Å². The molecule has 0 aromatic heterocycles. The van der Waals surface area contributed by atoms with Crippen LogP contribution in [0.4, 0.5) is 5.69 Å².